The molecule has 0 aliphatic heterocycles. The summed E-state index contributed by atoms with van der Waals surface area (Å²) in [6.07, 6.45) is 7.29. The second kappa shape index (κ2) is 7.66. The maximum absolute atomic E-state index is 12.0. The minimum atomic E-state index is -0.701. The molecule has 1 aliphatic rings. The fraction of sp³-hybridized carbons (Fsp3) is 0.632. The van der Waals surface area contributed by atoms with E-state index < -0.39 is 11.4 Å². The van der Waals surface area contributed by atoms with Crippen LogP contribution in [-0.2, 0) is 10.2 Å². The van der Waals surface area contributed by atoms with Crippen LogP contribution < -0.4 is 4.74 Å². The molecule has 0 amide bonds. The Morgan fingerprint density at radius 2 is 1.86 bits per heavy atom. The first-order valence-corrected chi connectivity index (χ1v) is 8.59. The van der Waals surface area contributed by atoms with E-state index in [1.54, 1.807) is 0 Å². The van der Waals surface area contributed by atoms with Crippen molar-refractivity contribution in [3.05, 3.63) is 29.8 Å². The van der Waals surface area contributed by atoms with Crippen LogP contribution in [-0.4, -0.2) is 17.7 Å². The summed E-state index contributed by atoms with van der Waals surface area (Å²) < 4.78 is 5.46. The minimum Gasteiger partial charge on any atom is -0.494 e. The number of hydrogen-bond acceptors (Lipinski definition) is 2. The van der Waals surface area contributed by atoms with Crippen molar-refractivity contribution in [3.63, 3.8) is 0 Å². The smallest absolute Gasteiger partial charge is 0.314 e. The molecule has 0 heterocycles. The zero-order valence-corrected chi connectivity index (χ0v) is 13.8. The lowest BCUT2D eigenvalue weighted by Gasteiger charge is -2.37. The van der Waals surface area contributed by atoms with Crippen LogP contribution in [0.2, 0.25) is 0 Å². The summed E-state index contributed by atoms with van der Waals surface area (Å²) in [7, 11) is 0. The Morgan fingerprint density at radius 3 is 2.36 bits per heavy atom. The number of benzene rings is 1. The highest BCUT2D eigenvalue weighted by molar-refractivity contribution is 5.81. The molecular weight excluding hydrogens is 276 g/mol. The fourth-order valence-electron chi connectivity index (χ4n) is 3.61. The van der Waals surface area contributed by atoms with Crippen molar-refractivity contribution in [2.24, 2.45) is 5.92 Å². The molecule has 1 fully saturated rings. The summed E-state index contributed by atoms with van der Waals surface area (Å²) in [6.45, 7) is 4.79. The van der Waals surface area contributed by atoms with E-state index in [-0.39, 0.29) is 0 Å². The van der Waals surface area contributed by atoms with Crippen LogP contribution in [0.1, 0.15) is 64.4 Å². The van der Waals surface area contributed by atoms with E-state index in [1.807, 2.05) is 31.2 Å². The van der Waals surface area contributed by atoms with Gasteiger partial charge in [0.1, 0.15) is 5.75 Å². The van der Waals surface area contributed by atoms with Gasteiger partial charge in [0, 0.05) is 0 Å². The maximum Gasteiger partial charge on any atom is 0.314 e. The van der Waals surface area contributed by atoms with E-state index in [0.717, 1.165) is 37.0 Å². The van der Waals surface area contributed by atoms with Gasteiger partial charge < -0.3 is 9.84 Å². The largest absolute Gasteiger partial charge is 0.494 e. The first kappa shape index (κ1) is 16.9. The fourth-order valence-corrected chi connectivity index (χ4v) is 3.61. The number of hydrogen-bond donors (Lipinski definition) is 1. The molecule has 1 aromatic carbocycles. The van der Waals surface area contributed by atoms with Gasteiger partial charge in [0.25, 0.3) is 0 Å². The maximum atomic E-state index is 12.0. The van der Waals surface area contributed by atoms with Gasteiger partial charge in [0.15, 0.2) is 0 Å². The van der Waals surface area contributed by atoms with E-state index in [4.69, 9.17) is 4.74 Å². The predicted octanol–water partition coefficient (Wildman–Crippen LogP) is 4.79. The van der Waals surface area contributed by atoms with Crippen LogP contribution in [0, 0.1) is 5.92 Å². The molecule has 1 N–H and O–H groups in total. The second-order valence-corrected chi connectivity index (χ2v) is 6.43. The average Bonchev–Trinajstić information content (AvgIpc) is 2.54. The van der Waals surface area contributed by atoms with Gasteiger partial charge in [-0.2, -0.15) is 0 Å². The zero-order chi connectivity index (χ0) is 16.0. The molecule has 3 nitrogen and oxygen atoms in total. The van der Waals surface area contributed by atoms with Crippen LogP contribution >= 0.6 is 0 Å². The first-order chi connectivity index (χ1) is 10.6. The van der Waals surface area contributed by atoms with Crippen LogP contribution in [0.4, 0.5) is 0 Å². The lowest BCUT2D eigenvalue weighted by Crippen LogP contribution is -2.39. The molecule has 0 aromatic heterocycles. The topological polar surface area (TPSA) is 46.5 Å². The Kier molecular flexibility index (Phi) is 5.87. The third kappa shape index (κ3) is 3.63. The predicted molar refractivity (Wildman–Crippen MR) is 88.4 cm³/mol. The van der Waals surface area contributed by atoms with Gasteiger partial charge >= 0.3 is 5.97 Å². The van der Waals surface area contributed by atoms with E-state index in [0.29, 0.717) is 12.5 Å². The van der Waals surface area contributed by atoms with Gasteiger partial charge in [-0.15, -0.1) is 0 Å². The Labute approximate surface area is 133 Å². The van der Waals surface area contributed by atoms with Crippen molar-refractivity contribution in [1.82, 2.24) is 0 Å². The molecule has 22 heavy (non-hydrogen) atoms. The monoisotopic (exact) mass is 304 g/mol. The molecule has 122 valence electrons. The molecule has 0 spiro atoms. The average molecular weight is 304 g/mol. The van der Waals surface area contributed by atoms with Crippen LogP contribution in [0.3, 0.4) is 0 Å². The van der Waals surface area contributed by atoms with Crippen molar-refractivity contribution >= 4 is 5.97 Å². The zero-order valence-electron chi connectivity index (χ0n) is 13.8. The summed E-state index contributed by atoms with van der Waals surface area (Å²) in [5.74, 6) is 0.837. The third-order valence-electron chi connectivity index (χ3n) is 5.05. The Balaban J connectivity index is 2.11. The van der Waals surface area contributed by atoms with Gasteiger partial charge in [-0.25, -0.2) is 0 Å². The van der Waals surface area contributed by atoms with Crippen LogP contribution in [0.5, 0.6) is 5.75 Å². The molecule has 1 aliphatic carbocycles. The first-order valence-electron chi connectivity index (χ1n) is 8.59. The van der Waals surface area contributed by atoms with Crippen molar-refractivity contribution in [3.8, 4) is 5.75 Å². The van der Waals surface area contributed by atoms with Crippen LogP contribution in [0.15, 0.2) is 24.3 Å². The number of aliphatic carboxylic acids is 1. The quantitative estimate of drug-likeness (QED) is 0.788. The molecule has 0 radical (unpaired) electrons. The number of rotatable bonds is 7. The SMILES string of the molecule is CCCCC1CCC(C(=O)O)(c2ccc(OCC)cc2)CC1. The third-order valence-corrected chi connectivity index (χ3v) is 5.05. The van der Waals surface area contributed by atoms with Gasteiger partial charge in [-0.1, -0.05) is 38.3 Å². The highest BCUT2D eigenvalue weighted by Crippen LogP contribution is 2.43. The van der Waals surface area contributed by atoms with Gasteiger partial charge in [0.2, 0.25) is 0 Å². The second-order valence-electron chi connectivity index (χ2n) is 6.43. The molecule has 0 unspecified atom stereocenters. The number of carbonyl (C=O) groups is 1. The van der Waals surface area contributed by atoms with E-state index >= 15 is 0 Å². The van der Waals surface area contributed by atoms with Crippen molar-refractivity contribution in [2.45, 2.75) is 64.2 Å². The standard InChI is InChI=1S/C19H28O3/c1-3-5-6-15-11-13-19(14-12-15,18(20)21)16-7-9-17(10-8-16)22-4-2/h7-10,15H,3-6,11-14H2,1-2H3,(H,20,21). The van der Waals surface area contributed by atoms with Crippen LogP contribution in [0.25, 0.3) is 0 Å². The minimum absolute atomic E-state index is 0.628. The Morgan fingerprint density at radius 1 is 1.23 bits per heavy atom. The summed E-state index contributed by atoms with van der Waals surface area (Å²) in [4.78, 5) is 12.0. The van der Waals surface area contributed by atoms with E-state index in [9.17, 15) is 9.90 Å². The summed E-state index contributed by atoms with van der Waals surface area (Å²) in [5, 5.41) is 9.85. The molecule has 1 saturated carbocycles. The number of unbranched alkanes of at least 4 members (excludes halogenated alkanes) is 1. The Hall–Kier alpha value is -1.51. The van der Waals surface area contributed by atoms with Crippen molar-refractivity contribution < 1.29 is 14.6 Å². The van der Waals surface area contributed by atoms with Gasteiger partial charge in [0.05, 0.1) is 12.0 Å². The molecule has 0 atom stereocenters. The molecule has 0 saturated heterocycles. The normalized spacial score (nSPS) is 24.9. The molecule has 1 aromatic rings. The van der Waals surface area contributed by atoms with E-state index in [1.165, 1.54) is 19.3 Å². The molecular formula is C19H28O3. The highest BCUT2D eigenvalue weighted by Gasteiger charge is 2.43. The lowest BCUT2D eigenvalue weighted by molar-refractivity contribution is -0.145. The van der Waals surface area contributed by atoms with Gasteiger partial charge in [-0.3, -0.25) is 4.79 Å². The van der Waals surface area contributed by atoms with E-state index in [2.05, 4.69) is 6.92 Å². The Bertz CT molecular complexity index is 470. The molecule has 0 bridgehead atoms. The summed E-state index contributed by atoms with van der Waals surface area (Å²) >= 11 is 0. The number of ether oxygens (including phenoxy) is 1. The number of carboxylic acid groups (broad SMARTS) is 1. The van der Waals surface area contributed by atoms with Gasteiger partial charge in [-0.05, 0) is 56.2 Å². The van der Waals surface area contributed by atoms with Crippen molar-refractivity contribution in [1.29, 1.82) is 0 Å². The highest BCUT2D eigenvalue weighted by atomic mass is 16.5. The molecule has 2 rings (SSSR count). The summed E-state index contributed by atoms with van der Waals surface area (Å²) in [6, 6.07) is 7.66. The summed E-state index contributed by atoms with van der Waals surface area (Å²) in [5.41, 5.74) is 0.227. The molecule has 3 heteroatoms. The lowest BCUT2D eigenvalue weighted by atomic mass is 9.66. The number of carboxylic acids is 1. The van der Waals surface area contributed by atoms with Crippen molar-refractivity contribution in [2.75, 3.05) is 6.61 Å².